The first-order chi connectivity index (χ1) is 7.18. The van der Waals surface area contributed by atoms with E-state index in [-0.39, 0.29) is 5.11 Å². The number of hydrogen-bond donors (Lipinski definition) is 2. The van der Waals surface area contributed by atoms with Crippen LogP contribution in [0.5, 0.6) is 0 Å². The Morgan fingerprint density at radius 1 is 1.40 bits per heavy atom. The van der Waals surface area contributed by atoms with Crippen molar-refractivity contribution in [1.82, 2.24) is 5.43 Å². The van der Waals surface area contributed by atoms with Gasteiger partial charge in [-0.3, -0.25) is 5.43 Å². The number of nitrogens with zero attached hydrogens (tertiary/aromatic N) is 1. The predicted molar refractivity (Wildman–Crippen MR) is 67.8 cm³/mol. The Hall–Kier alpha value is -1.42. The highest BCUT2D eigenvalue weighted by Gasteiger charge is 1.94. The summed E-state index contributed by atoms with van der Waals surface area (Å²) in [5.41, 5.74) is 10.1. The normalized spacial score (nSPS) is 11.1. The molecule has 0 aliphatic rings. The van der Waals surface area contributed by atoms with Crippen molar-refractivity contribution in [1.29, 1.82) is 0 Å². The molecule has 0 heterocycles. The molecule has 0 amide bonds. The van der Waals surface area contributed by atoms with Crippen LogP contribution in [0.4, 0.5) is 0 Å². The largest absolute Gasteiger partial charge is 0.375 e. The molecule has 3 N–H and O–H groups in total. The first kappa shape index (κ1) is 11.7. The fourth-order valence-corrected chi connectivity index (χ4v) is 1.22. The van der Waals surface area contributed by atoms with Gasteiger partial charge in [0, 0.05) is 5.71 Å². The van der Waals surface area contributed by atoms with Gasteiger partial charge in [0.1, 0.15) is 0 Å². The van der Waals surface area contributed by atoms with E-state index in [0.717, 1.165) is 18.6 Å². The quantitative estimate of drug-likeness (QED) is 0.463. The van der Waals surface area contributed by atoms with Crippen LogP contribution in [0, 0.1) is 0 Å². The third-order valence-electron chi connectivity index (χ3n) is 1.98. The molecular weight excluding hydrogens is 206 g/mol. The summed E-state index contributed by atoms with van der Waals surface area (Å²) in [6.45, 7) is 1.95. The second-order valence-corrected chi connectivity index (χ2v) is 3.75. The Kier molecular flexibility index (Phi) is 4.77. The molecule has 0 spiro atoms. The maximum atomic E-state index is 5.26. The smallest absolute Gasteiger partial charge is 0.184 e. The van der Waals surface area contributed by atoms with Crippen molar-refractivity contribution in [3.05, 3.63) is 35.9 Å². The van der Waals surface area contributed by atoms with Crippen LogP contribution in [0.3, 0.4) is 0 Å². The Morgan fingerprint density at radius 3 is 2.67 bits per heavy atom. The molecule has 0 atom stereocenters. The van der Waals surface area contributed by atoms with Crippen LogP contribution >= 0.6 is 12.2 Å². The lowest BCUT2D eigenvalue weighted by atomic mass is 10.1. The molecule has 0 saturated heterocycles. The van der Waals surface area contributed by atoms with Crippen molar-refractivity contribution in [3.8, 4) is 0 Å². The van der Waals surface area contributed by atoms with Gasteiger partial charge in [-0.05, 0) is 37.5 Å². The average molecular weight is 221 g/mol. The van der Waals surface area contributed by atoms with Crippen LogP contribution < -0.4 is 11.2 Å². The number of benzene rings is 1. The minimum Gasteiger partial charge on any atom is -0.375 e. The number of nitrogens with two attached hydrogens (primary N) is 1. The van der Waals surface area contributed by atoms with E-state index in [1.165, 1.54) is 5.56 Å². The van der Waals surface area contributed by atoms with Gasteiger partial charge in [0.05, 0.1) is 0 Å². The van der Waals surface area contributed by atoms with Crippen molar-refractivity contribution in [2.45, 2.75) is 19.8 Å². The summed E-state index contributed by atoms with van der Waals surface area (Å²) in [6.07, 6.45) is 1.88. The van der Waals surface area contributed by atoms with Crippen LogP contribution in [0.2, 0.25) is 0 Å². The molecule has 0 radical (unpaired) electrons. The van der Waals surface area contributed by atoms with Gasteiger partial charge in [-0.25, -0.2) is 0 Å². The first-order valence-electron chi connectivity index (χ1n) is 4.81. The summed E-state index contributed by atoms with van der Waals surface area (Å²) < 4.78 is 0. The lowest BCUT2D eigenvalue weighted by Gasteiger charge is -2.02. The number of aryl methyl sites for hydroxylation is 1. The number of rotatable bonds is 4. The lowest BCUT2D eigenvalue weighted by molar-refractivity contribution is 0.969. The van der Waals surface area contributed by atoms with Crippen molar-refractivity contribution in [3.63, 3.8) is 0 Å². The van der Waals surface area contributed by atoms with Crippen LogP contribution in [0.1, 0.15) is 18.9 Å². The highest BCUT2D eigenvalue weighted by Crippen LogP contribution is 2.02. The summed E-state index contributed by atoms with van der Waals surface area (Å²) in [5, 5.41) is 4.24. The Labute approximate surface area is 95.4 Å². The predicted octanol–water partition coefficient (Wildman–Crippen LogP) is 1.83. The SMILES string of the molecule is C/C(CCc1ccccc1)=N/NC(N)=S. The van der Waals surface area contributed by atoms with Crippen LogP contribution in [0.25, 0.3) is 0 Å². The number of hydrogen-bond acceptors (Lipinski definition) is 2. The zero-order valence-electron chi connectivity index (χ0n) is 8.73. The summed E-state index contributed by atoms with van der Waals surface area (Å²) in [6, 6.07) is 10.3. The third-order valence-corrected chi connectivity index (χ3v) is 2.07. The number of nitrogens with one attached hydrogen (secondary N) is 1. The van der Waals surface area contributed by atoms with Gasteiger partial charge in [0.2, 0.25) is 0 Å². The van der Waals surface area contributed by atoms with E-state index in [0.29, 0.717) is 0 Å². The Balaban J connectivity index is 2.37. The molecule has 0 aliphatic heterocycles. The molecule has 4 heteroatoms. The molecule has 0 bridgehead atoms. The monoisotopic (exact) mass is 221 g/mol. The van der Waals surface area contributed by atoms with E-state index in [4.69, 9.17) is 5.73 Å². The van der Waals surface area contributed by atoms with Gasteiger partial charge in [-0.2, -0.15) is 5.10 Å². The van der Waals surface area contributed by atoms with Crippen LogP contribution in [0.15, 0.2) is 35.4 Å². The zero-order valence-corrected chi connectivity index (χ0v) is 9.55. The second kappa shape index (κ2) is 6.14. The number of hydrazone groups is 1. The third kappa shape index (κ3) is 5.12. The Morgan fingerprint density at radius 2 is 2.07 bits per heavy atom. The molecular formula is C11H15N3S. The van der Waals surface area contributed by atoms with Gasteiger partial charge in [-0.15, -0.1) is 0 Å². The average Bonchev–Trinajstić information content (AvgIpc) is 2.25. The maximum Gasteiger partial charge on any atom is 0.184 e. The van der Waals surface area contributed by atoms with E-state index in [2.05, 4.69) is 34.9 Å². The Bertz CT molecular complexity index is 346. The molecule has 1 rings (SSSR count). The molecule has 80 valence electrons. The van der Waals surface area contributed by atoms with E-state index >= 15 is 0 Å². The van der Waals surface area contributed by atoms with E-state index in [1.54, 1.807) is 0 Å². The molecule has 1 aromatic rings. The molecule has 0 saturated carbocycles. The topological polar surface area (TPSA) is 50.4 Å². The summed E-state index contributed by atoms with van der Waals surface area (Å²) in [7, 11) is 0. The minimum absolute atomic E-state index is 0.203. The van der Waals surface area contributed by atoms with Gasteiger partial charge in [-0.1, -0.05) is 30.3 Å². The summed E-state index contributed by atoms with van der Waals surface area (Å²) in [4.78, 5) is 0. The lowest BCUT2D eigenvalue weighted by Crippen LogP contribution is -2.25. The molecule has 0 unspecified atom stereocenters. The van der Waals surface area contributed by atoms with Crippen molar-refractivity contribution < 1.29 is 0 Å². The second-order valence-electron chi connectivity index (χ2n) is 3.31. The molecule has 1 aromatic carbocycles. The highest BCUT2D eigenvalue weighted by molar-refractivity contribution is 7.80. The first-order valence-corrected chi connectivity index (χ1v) is 5.22. The van der Waals surface area contributed by atoms with Gasteiger partial charge >= 0.3 is 0 Å². The van der Waals surface area contributed by atoms with Crippen LogP contribution in [-0.4, -0.2) is 10.8 Å². The fraction of sp³-hybridized carbons (Fsp3) is 0.273. The molecule has 3 nitrogen and oxygen atoms in total. The van der Waals surface area contributed by atoms with Crippen molar-refractivity contribution in [2.75, 3.05) is 0 Å². The minimum atomic E-state index is 0.203. The highest BCUT2D eigenvalue weighted by atomic mass is 32.1. The molecule has 0 fully saturated rings. The zero-order chi connectivity index (χ0) is 11.1. The summed E-state index contributed by atoms with van der Waals surface area (Å²) in [5.74, 6) is 0. The van der Waals surface area contributed by atoms with Gasteiger partial charge in [0.15, 0.2) is 5.11 Å². The van der Waals surface area contributed by atoms with E-state index in [9.17, 15) is 0 Å². The molecule has 0 aliphatic carbocycles. The van der Waals surface area contributed by atoms with Crippen LogP contribution in [-0.2, 0) is 6.42 Å². The summed E-state index contributed by atoms with van der Waals surface area (Å²) >= 11 is 4.65. The molecule has 0 aromatic heterocycles. The van der Waals surface area contributed by atoms with E-state index < -0.39 is 0 Å². The van der Waals surface area contributed by atoms with E-state index in [1.807, 2.05) is 25.1 Å². The van der Waals surface area contributed by atoms with Crippen molar-refractivity contribution >= 4 is 23.0 Å². The maximum absolute atomic E-state index is 5.26. The van der Waals surface area contributed by atoms with Gasteiger partial charge in [0.25, 0.3) is 0 Å². The molecule has 15 heavy (non-hydrogen) atoms. The fourth-order valence-electron chi connectivity index (χ4n) is 1.18. The van der Waals surface area contributed by atoms with Gasteiger partial charge < -0.3 is 5.73 Å². The number of thiocarbonyl (C=S) groups is 1. The standard InChI is InChI=1S/C11H15N3S/c1-9(13-14-11(12)15)7-8-10-5-3-2-4-6-10/h2-6H,7-8H2,1H3,(H3,12,14,15)/b13-9-. The van der Waals surface area contributed by atoms with Crippen molar-refractivity contribution in [2.24, 2.45) is 10.8 Å².